The summed E-state index contributed by atoms with van der Waals surface area (Å²) in [5, 5.41) is 9.75. The van der Waals surface area contributed by atoms with Crippen molar-refractivity contribution in [2.45, 2.75) is 12.8 Å². The van der Waals surface area contributed by atoms with E-state index in [9.17, 15) is 4.79 Å². The number of methoxy groups -OCH3 is 1. The standard InChI is InChI=1S/C17H13Cl2NO3/c1-22-15-9-11(10-20)5-7-14(15)23-16(21)8-6-12-3-2-4-13(18)17(12)19/h2-5,7,9H,6,8H2,1H3. The number of aryl methyl sites for hydroxylation is 1. The Labute approximate surface area is 144 Å². The molecule has 0 fully saturated rings. The smallest absolute Gasteiger partial charge is 0.311 e. The molecule has 2 aromatic rings. The van der Waals surface area contributed by atoms with Crippen molar-refractivity contribution >= 4 is 29.2 Å². The maximum absolute atomic E-state index is 12.0. The predicted octanol–water partition coefficient (Wildman–Crippen LogP) is 4.41. The SMILES string of the molecule is COc1cc(C#N)ccc1OC(=O)CCc1cccc(Cl)c1Cl. The monoisotopic (exact) mass is 349 g/mol. The molecule has 0 unspecified atom stereocenters. The molecule has 0 aliphatic heterocycles. The molecule has 0 N–H and O–H groups in total. The Kier molecular flexibility index (Phi) is 5.86. The number of hydrogen-bond donors (Lipinski definition) is 0. The van der Waals surface area contributed by atoms with Crippen LogP contribution in [-0.2, 0) is 11.2 Å². The quantitative estimate of drug-likeness (QED) is 0.592. The van der Waals surface area contributed by atoms with Crippen LogP contribution in [0.5, 0.6) is 11.5 Å². The van der Waals surface area contributed by atoms with E-state index in [1.54, 1.807) is 18.2 Å². The maximum Gasteiger partial charge on any atom is 0.311 e. The lowest BCUT2D eigenvalue weighted by Gasteiger charge is -2.10. The fourth-order valence-electron chi connectivity index (χ4n) is 1.97. The van der Waals surface area contributed by atoms with Gasteiger partial charge < -0.3 is 9.47 Å². The van der Waals surface area contributed by atoms with E-state index in [1.807, 2.05) is 12.1 Å². The first kappa shape index (κ1) is 17.1. The molecule has 2 aromatic carbocycles. The highest BCUT2D eigenvalue weighted by molar-refractivity contribution is 6.42. The molecule has 0 radical (unpaired) electrons. The van der Waals surface area contributed by atoms with Crippen molar-refractivity contribution in [2.75, 3.05) is 7.11 Å². The lowest BCUT2D eigenvalue weighted by atomic mass is 10.1. The van der Waals surface area contributed by atoms with E-state index >= 15 is 0 Å². The molecule has 0 aliphatic rings. The molecule has 0 saturated carbocycles. The van der Waals surface area contributed by atoms with Gasteiger partial charge in [-0.15, -0.1) is 0 Å². The molecule has 118 valence electrons. The van der Waals surface area contributed by atoms with Gasteiger partial charge in [0.05, 0.1) is 35.2 Å². The van der Waals surface area contributed by atoms with Crippen LogP contribution in [0.3, 0.4) is 0 Å². The first-order chi connectivity index (χ1) is 11.0. The lowest BCUT2D eigenvalue weighted by Crippen LogP contribution is -2.10. The third-order valence-electron chi connectivity index (χ3n) is 3.15. The average molecular weight is 350 g/mol. The number of ether oxygens (including phenoxy) is 2. The second kappa shape index (κ2) is 7.87. The number of halogens is 2. The Hall–Kier alpha value is -2.22. The maximum atomic E-state index is 12.0. The largest absolute Gasteiger partial charge is 0.493 e. The van der Waals surface area contributed by atoms with Crippen LogP contribution in [0.2, 0.25) is 10.0 Å². The molecule has 0 bridgehead atoms. The zero-order valence-electron chi connectivity index (χ0n) is 12.3. The van der Waals surface area contributed by atoms with Gasteiger partial charge in [-0.05, 0) is 30.2 Å². The summed E-state index contributed by atoms with van der Waals surface area (Å²) in [6, 6.07) is 11.9. The van der Waals surface area contributed by atoms with Gasteiger partial charge in [0.2, 0.25) is 0 Å². The van der Waals surface area contributed by atoms with Gasteiger partial charge in [-0.3, -0.25) is 4.79 Å². The average Bonchev–Trinajstić information content (AvgIpc) is 2.56. The third-order valence-corrected chi connectivity index (χ3v) is 4.00. The van der Waals surface area contributed by atoms with E-state index < -0.39 is 5.97 Å². The summed E-state index contributed by atoms with van der Waals surface area (Å²) in [6.07, 6.45) is 0.556. The summed E-state index contributed by atoms with van der Waals surface area (Å²) in [6.45, 7) is 0. The minimum absolute atomic E-state index is 0.142. The van der Waals surface area contributed by atoms with E-state index in [1.165, 1.54) is 19.2 Å². The summed E-state index contributed by atoms with van der Waals surface area (Å²) in [5.41, 5.74) is 1.20. The normalized spacial score (nSPS) is 10.0. The second-order valence-electron chi connectivity index (χ2n) is 4.66. The summed E-state index contributed by atoms with van der Waals surface area (Å²) >= 11 is 12.0. The number of esters is 1. The van der Waals surface area contributed by atoms with Crippen molar-refractivity contribution in [2.24, 2.45) is 0 Å². The molecule has 23 heavy (non-hydrogen) atoms. The molecule has 4 nitrogen and oxygen atoms in total. The second-order valence-corrected chi connectivity index (χ2v) is 5.45. The Balaban J connectivity index is 2.03. The Bertz CT molecular complexity index is 769. The van der Waals surface area contributed by atoms with Crippen molar-refractivity contribution in [3.8, 4) is 17.6 Å². The van der Waals surface area contributed by atoms with Crippen molar-refractivity contribution in [1.29, 1.82) is 5.26 Å². The zero-order valence-corrected chi connectivity index (χ0v) is 13.8. The van der Waals surface area contributed by atoms with Crippen LogP contribution in [0.15, 0.2) is 36.4 Å². The van der Waals surface area contributed by atoms with E-state index in [0.717, 1.165) is 5.56 Å². The number of benzene rings is 2. The van der Waals surface area contributed by atoms with Crippen molar-refractivity contribution in [3.63, 3.8) is 0 Å². The zero-order chi connectivity index (χ0) is 16.8. The van der Waals surface area contributed by atoms with Crippen molar-refractivity contribution in [1.82, 2.24) is 0 Å². The fourth-order valence-corrected chi connectivity index (χ4v) is 2.39. The van der Waals surface area contributed by atoms with Crippen LogP contribution in [-0.4, -0.2) is 13.1 Å². The van der Waals surface area contributed by atoms with Gasteiger partial charge in [-0.2, -0.15) is 5.26 Å². The molecule has 2 rings (SSSR count). The van der Waals surface area contributed by atoms with Gasteiger partial charge in [0.1, 0.15) is 0 Å². The topological polar surface area (TPSA) is 59.3 Å². The van der Waals surface area contributed by atoms with Gasteiger partial charge in [-0.1, -0.05) is 35.3 Å². The molecule has 0 spiro atoms. The van der Waals surface area contributed by atoms with Crippen LogP contribution >= 0.6 is 23.2 Å². The Morgan fingerprint density at radius 1 is 1.22 bits per heavy atom. The fraction of sp³-hybridized carbons (Fsp3) is 0.176. The number of nitrogens with zero attached hydrogens (tertiary/aromatic N) is 1. The molecule has 0 saturated heterocycles. The number of carbonyl (C=O) groups is 1. The third kappa shape index (κ3) is 4.38. The van der Waals surface area contributed by atoms with Crippen LogP contribution in [0.25, 0.3) is 0 Å². The van der Waals surface area contributed by atoms with Crippen molar-refractivity contribution < 1.29 is 14.3 Å². The van der Waals surface area contributed by atoms with Crippen LogP contribution in [0, 0.1) is 11.3 Å². The van der Waals surface area contributed by atoms with Gasteiger partial charge in [0.25, 0.3) is 0 Å². The van der Waals surface area contributed by atoms with Crippen LogP contribution < -0.4 is 9.47 Å². The number of rotatable bonds is 5. The van der Waals surface area contributed by atoms with Gasteiger partial charge in [0.15, 0.2) is 11.5 Å². The Morgan fingerprint density at radius 3 is 2.70 bits per heavy atom. The lowest BCUT2D eigenvalue weighted by molar-refractivity contribution is -0.134. The molecule has 0 aromatic heterocycles. The highest BCUT2D eigenvalue weighted by Gasteiger charge is 2.12. The molecule has 6 heteroatoms. The number of hydrogen-bond acceptors (Lipinski definition) is 4. The molecule has 0 heterocycles. The summed E-state index contributed by atoms with van der Waals surface area (Å²) in [4.78, 5) is 12.0. The van der Waals surface area contributed by atoms with E-state index in [4.69, 9.17) is 37.9 Å². The van der Waals surface area contributed by atoms with E-state index in [2.05, 4.69) is 0 Å². The Morgan fingerprint density at radius 2 is 2.00 bits per heavy atom. The molecule has 0 aliphatic carbocycles. The molecular weight excluding hydrogens is 337 g/mol. The minimum atomic E-state index is -0.427. The van der Waals surface area contributed by atoms with Gasteiger partial charge in [-0.25, -0.2) is 0 Å². The summed E-state index contributed by atoms with van der Waals surface area (Å²) in [7, 11) is 1.44. The highest BCUT2D eigenvalue weighted by atomic mass is 35.5. The van der Waals surface area contributed by atoms with Gasteiger partial charge in [0, 0.05) is 6.07 Å². The molecule has 0 amide bonds. The van der Waals surface area contributed by atoms with Crippen molar-refractivity contribution in [3.05, 3.63) is 57.6 Å². The first-order valence-electron chi connectivity index (χ1n) is 6.77. The number of carbonyl (C=O) groups excluding carboxylic acids is 1. The van der Waals surface area contributed by atoms with Crippen LogP contribution in [0.1, 0.15) is 17.5 Å². The molecule has 0 atom stereocenters. The first-order valence-corrected chi connectivity index (χ1v) is 7.52. The van der Waals surface area contributed by atoms with Crippen LogP contribution in [0.4, 0.5) is 0 Å². The molecular formula is C17H13Cl2NO3. The van der Waals surface area contributed by atoms with E-state index in [-0.39, 0.29) is 12.2 Å². The highest BCUT2D eigenvalue weighted by Crippen LogP contribution is 2.29. The van der Waals surface area contributed by atoms with Gasteiger partial charge >= 0.3 is 5.97 Å². The summed E-state index contributed by atoms with van der Waals surface area (Å²) < 4.78 is 10.4. The number of nitriles is 1. The minimum Gasteiger partial charge on any atom is -0.493 e. The summed E-state index contributed by atoms with van der Waals surface area (Å²) in [5.74, 6) is 0.177. The predicted molar refractivity (Wildman–Crippen MR) is 88.1 cm³/mol. The van der Waals surface area contributed by atoms with E-state index in [0.29, 0.717) is 27.8 Å².